The summed E-state index contributed by atoms with van der Waals surface area (Å²) in [5, 5.41) is 2.98. The Morgan fingerprint density at radius 2 is 1.77 bits per heavy atom. The molecule has 5 fully saturated rings. The Kier molecular flexibility index (Phi) is 4.28. The third kappa shape index (κ3) is 2.70. The second-order valence-electron chi connectivity index (χ2n) is 10.8. The molecule has 1 aromatic rings. The minimum absolute atomic E-state index is 0.0688. The van der Waals surface area contributed by atoms with Gasteiger partial charge in [-0.25, -0.2) is 0 Å². The fraction of sp³-hybridized carbons (Fsp3) is 0.680. The summed E-state index contributed by atoms with van der Waals surface area (Å²) in [4.78, 5) is 29.7. The first kappa shape index (κ1) is 18.9. The second-order valence-corrected chi connectivity index (χ2v) is 10.8. The van der Waals surface area contributed by atoms with Gasteiger partial charge < -0.3 is 10.2 Å². The summed E-state index contributed by atoms with van der Waals surface area (Å²) in [6.45, 7) is 4.39. The number of benzene rings is 1. The van der Waals surface area contributed by atoms with Gasteiger partial charge in [0, 0.05) is 39.1 Å². The number of nitrogens with one attached hydrogen (secondary N) is 1. The van der Waals surface area contributed by atoms with Gasteiger partial charge in [-0.15, -0.1) is 0 Å². The Balaban J connectivity index is 0.960. The van der Waals surface area contributed by atoms with Crippen molar-refractivity contribution < 1.29 is 9.59 Å². The second kappa shape index (κ2) is 6.81. The lowest BCUT2D eigenvalue weighted by Crippen LogP contribution is -2.67. The quantitative estimate of drug-likeness (QED) is 0.789. The van der Waals surface area contributed by atoms with Crippen LogP contribution in [0.25, 0.3) is 0 Å². The Morgan fingerprint density at radius 1 is 0.967 bits per heavy atom. The number of hydrogen-bond acceptors (Lipinski definition) is 3. The van der Waals surface area contributed by atoms with Gasteiger partial charge in [-0.3, -0.25) is 14.5 Å². The van der Waals surface area contributed by atoms with Crippen LogP contribution in [0.4, 0.5) is 0 Å². The Morgan fingerprint density at radius 3 is 2.50 bits per heavy atom. The summed E-state index contributed by atoms with van der Waals surface area (Å²) >= 11 is 0. The number of carbonyl (C=O) groups excluding carboxylic acids is 2. The van der Waals surface area contributed by atoms with Gasteiger partial charge in [0.15, 0.2) is 0 Å². The number of nitrogens with zero attached hydrogens (tertiary/aromatic N) is 2. The van der Waals surface area contributed by atoms with E-state index >= 15 is 0 Å². The highest BCUT2D eigenvalue weighted by Gasteiger charge is 2.80. The van der Waals surface area contributed by atoms with E-state index in [1.54, 1.807) is 0 Å². The molecule has 2 bridgehead atoms. The van der Waals surface area contributed by atoms with Crippen LogP contribution in [0.15, 0.2) is 30.3 Å². The zero-order chi connectivity index (χ0) is 20.3. The number of carbonyl (C=O) groups is 2. The van der Waals surface area contributed by atoms with Crippen molar-refractivity contribution in [2.75, 3.05) is 32.7 Å². The molecule has 1 spiro atoms. The molecule has 5 heteroatoms. The van der Waals surface area contributed by atoms with Crippen molar-refractivity contribution >= 4 is 11.8 Å². The first-order chi connectivity index (χ1) is 14.6. The molecule has 1 aliphatic heterocycles. The fourth-order valence-electron chi connectivity index (χ4n) is 8.36. The first-order valence-corrected chi connectivity index (χ1v) is 11.9. The first-order valence-electron chi connectivity index (χ1n) is 11.9. The van der Waals surface area contributed by atoms with E-state index < -0.39 is 0 Å². The SMILES string of the molecule is O=C(CC12CC3CC4CC(C1)C42C3)NCC(=O)N1CCN(Cc2ccccc2)CC1. The van der Waals surface area contributed by atoms with E-state index in [1.807, 2.05) is 11.0 Å². The summed E-state index contributed by atoms with van der Waals surface area (Å²) in [6, 6.07) is 10.5. The summed E-state index contributed by atoms with van der Waals surface area (Å²) in [7, 11) is 0. The maximum absolute atomic E-state index is 12.7. The van der Waals surface area contributed by atoms with E-state index in [0.717, 1.165) is 50.5 Å². The van der Waals surface area contributed by atoms with Crippen molar-refractivity contribution in [2.24, 2.45) is 28.6 Å². The predicted molar refractivity (Wildman–Crippen MR) is 114 cm³/mol. The molecule has 160 valence electrons. The molecule has 4 saturated carbocycles. The highest BCUT2D eigenvalue weighted by Crippen LogP contribution is 2.87. The van der Waals surface area contributed by atoms with Gasteiger partial charge in [0.25, 0.3) is 0 Å². The molecular formula is C25H33N3O2. The van der Waals surface area contributed by atoms with Crippen LogP contribution in [0, 0.1) is 28.6 Å². The van der Waals surface area contributed by atoms with Crippen molar-refractivity contribution in [2.45, 2.75) is 45.1 Å². The minimum Gasteiger partial charge on any atom is -0.347 e. The third-order valence-corrected chi connectivity index (χ3v) is 9.48. The van der Waals surface area contributed by atoms with E-state index in [9.17, 15) is 9.59 Å². The number of rotatable bonds is 6. The van der Waals surface area contributed by atoms with Gasteiger partial charge in [-0.2, -0.15) is 0 Å². The zero-order valence-electron chi connectivity index (χ0n) is 17.8. The molecule has 5 atom stereocenters. The van der Waals surface area contributed by atoms with Crippen molar-refractivity contribution in [3.63, 3.8) is 0 Å². The third-order valence-electron chi connectivity index (χ3n) is 9.48. The topological polar surface area (TPSA) is 52.7 Å². The van der Waals surface area contributed by atoms with Crippen LogP contribution >= 0.6 is 0 Å². The Labute approximate surface area is 179 Å². The molecule has 0 radical (unpaired) electrons. The zero-order valence-corrected chi connectivity index (χ0v) is 17.8. The number of piperazine rings is 1. The molecule has 0 aromatic heterocycles. The molecule has 1 N–H and O–H groups in total. The molecule has 30 heavy (non-hydrogen) atoms. The monoisotopic (exact) mass is 407 g/mol. The van der Waals surface area contributed by atoms with Crippen molar-refractivity contribution in [1.29, 1.82) is 0 Å². The van der Waals surface area contributed by atoms with Crippen LogP contribution in [-0.4, -0.2) is 54.3 Å². The van der Waals surface area contributed by atoms with Gasteiger partial charge in [0.1, 0.15) is 0 Å². The van der Waals surface area contributed by atoms with E-state index in [1.165, 1.54) is 37.7 Å². The normalized spacial score (nSPS) is 38.5. The maximum Gasteiger partial charge on any atom is 0.242 e. The van der Waals surface area contributed by atoms with Crippen LogP contribution in [-0.2, 0) is 16.1 Å². The van der Waals surface area contributed by atoms with Crippen LogP contribution in [0.2, 0.25) is 0 Å². The van der Waals surface area contributed by atoms with Gasteiger partial charge in [0.2, 0.25) is 11.8 Å². The Hall–Kier alpha value is -1.88. The summed E-state index contributed by atoms with van der Waals surface area (Å²) in [5.74, 6) is 2.88. The molecule has 5 aliphatic rings. The van der Waals surface area contributed by atoms with Crippen molar-refractivity contribution in [3.05, 3.63) is 35.9 Å². The molecule has 2 amide bonds. The number of fused-ring (bicyclic) bond motifs is 1. The van der Waals surface area contributed by atoms with Crippen molar-refractivity contribution in [3.8, 4) is 0 Å². The van der Waals surface area contributed by atoms with E-state index in [4.69, 9.17) is 0 Å². The van der Waals surface area contributed by atoms with Crippen LogP contribution in [0.3, 0.4) is 0 Å². The lowest BCUT2D eigenvalue weighted by molar-refractivity contribution is -0.245. The summed E-state index contributed by atoms with van der Waals surface area (Å²) in [6.07, 6.45) is 7.44. The molecule has 1 heterocycles. The highest BCUT2D eigenvalue weighted by atomic mass is 16.2. The fourth-order valence-corrected chi connectivity index (χ4v) is 8.36. The van der Waals surface area contributed by atoms with Gasteiger partial charge in [-0.1, -0.05) is 30.3 Å². The molecule has 4 aliphatic carbocycles. The highest BCUT2D eigenvalue weighted by molar-refractivity contribution is 5.85. The van der Waals surface area contributed by atoms with Gasteiger partial charge in [-0.05, 0) is 66.3 Å². The molecule has 6 rings (SSSR count). The van der Waals surface area contributed by atoms with Crippen LogP contribution in [0.5, 0.6) is 0 Å². The van der Waals surface area contributed by atoms with Crippen LogP contribution < -0.4 is 5.32 Å². The average Bonchev–Trinajstić information content (AvgIpc) is 3.22. The van der Waals surface area contributed by atoms with Crippen molar-refractivity contribution in [1.82, 2.24) is 15.1 Å². The Bertz CT molecular complexity index is 849. The summed E-state index contributed by atoms with van der Waals surface area (Å²) in [5.41, 5.74) is 2.14. The smallest absolute Gasteiger partial charge is 0.242 e. The largest absolute Gasteiger partial charge is 0.347 e. The molecule has 5 nitrogen and oxygen atoms in total. The molecule has 1 aromatic carbocycles. The molecular weight excluding hydrogens is 374 g/mol. The average molecular weight is 408 g/mol. The van der Waals surface area contributed by atoms with E-state index in [-0.39, 0.29) is 18.4 Å². The predicted octanol–water partition coefficient (Wildman–Crippen LogP) is 2.66. The van der Waals surface area contributed by atoms with Gasteiger partial charge >= 0.3 is 0 Å². The number of amides is 2. The number of hydrogen-bond donors (Lipinski definition) is 1. The standard InChI is InChI=1S/C25H33N3O2/c29-22(15-24-12-19-10-20-11-21(14-24)25(20,24)13-19)26-16-23(30)28-8-6-27(7-9-28)17-18-4-2-1-3-5-18/h1-5,19-21H,6-17H2,(H,26,29). The summed E-state index contributed by atoms with van der Waals surface area (Å²) < 4.78 is 0. The van der Waals surface area contributed by atoms with Gasteiger partial charge in [0.05, 0.1) is 6.54 Å². The lowest BCUT2D eigenvalue weighted by Gasteiger charge is -2.73. The minimum atomic E-state index is 0.0688. The van der Waals surface area contributed by atoms with Crippen LogP contribution in [0.1, 0.15) is 44.1 Å². The molecule has 5 unspecified atom stereocenters. The van der Waals surface area contributed by atoms with E-state index in [0.29, 0.717) is 17.3 Å². The lowest BCUT2D eigenvalue weighted by atomic mass is 9.31. The maximum atomic E-state index is 12.7. The van der Waals surface area contributed by atoms with E-state index in [2.05, 4.69) is 34.5 Å². The molecule has 1 saturated heterocycles.